The van der Waals surface area contributed by atoms with Crippen molar-refractivity contribution < 1.29 is 19.1 Å². The monoisotopic (exact) mass is 403 g/mol. The molecule has 0 spiro atoms. The molecule has 3 rings (SSSR count). The average molecular weight is 403 g/mol. The molecule has 0 bridgehead atoms. The Hall–Kier alpha value is -3.47. The molecule has 5 heteroatoms. The van der Waals surface area contributed by atoms with Crippen LogP contribution in [-0.4, -0.2) is 30.1 Å². The van der Waals surface area contributed by atoms with E-state index in [9.17, 15) is 9.59 Å². The zero-order valence-electron chi connectivity index (χ0n) is 17.2. The maximum atomic E-state index is 12.8. The summed E-state index contributed by atoms with van der Waals surface area (Å²) in [7, 11) is 0. The standard InChI is InChI=1S/C25H25NO4/c1-3-29-24(27)22(18-12-7-5-8-13-18)20-16-11-17-21(26-20)23(25(28)30-4-2)19-14-9-6-10-15-19/h5-17,22-23H,3-4H2,1-2H3. The molecule has 2 aromatic carbocycles. The predicted molar refractivity (Wildman–Crippen MR) is 114 cm³/mol. The number of rotatable bonds is 8. The first kappa shape index (κ1) is 21.2. The van der Waals surface area contributed by atoms with Crippen LogP contribution < -0.4 is 0 Å². The third-order valence-corrected chi connectivity index (χ3v) is 4.69. The van der Waals surface area contributed by atoms with Crippen LogP contribution in [0.1, 0.15) is 48.2 Å². The first-order valence-electron chi connectivity index (χ1n) is 10.1. The first-order chi connectivity index (χ1) is 14.7. The van der Waals surface area contributed by atoms with Crippen molar-refractivity contribution in [3.63, 3.8) is 0 Å². The number of esters is 2. The Morgan fingerprint density at radius 3 is 1.43 bits per heavy atom. The number of hydrogen-bond acceptors (Lipinski definition) is 5. The Balaban J connectivity index is 2.07. The summed E-state index contributed by atoms with van der Waals surface area (Å²) < 4.78 is 10.6. The summed E-state index contributed by atoms with van der Waals surface area (Å²) in [5, 5.41) is 0. The largest absolute Gasteiger partial charge is 0.465 e. The molecule has 3 aromatic rings. The Morgan fingerprint density at radius 2 is 1.07 bits per heavy atom. The van der Waals surface area contributed by atoms with E-state index < -0.39 is 11.8 Å². The van der Waals surface area contributed by atoms with Gasteiger partial charge in [-0.25, -0.2) is 0 Å². The van der Waals surface area contributed by atoms with Gasteiger partial charge in [0, 0.05) is 0 Å². The van der Waals surface area contributed by atoms with Crippen molar-refractivity contribution in [2.75, 3.05) is 13.2 Å². The molecule has 30 heavy (non-hydrogen) atoms. The van der Waals surface area contributed by atoms with Gasteiger partial charge in [-0.05, 0) is 37.1 Å². The molecule has 1 heterocycles. The summed E-state index contributed by atoms with van der Waals surface area (Å²) in [6.45, 7) is 4.10. The number of benzene rings is 2. The van der Waals surface area contributed by atoms with Gasteiger partial charge in [-0.15, -0.1) is 0 Å². The van der Waals surface area contributed by atoms with Gasteiger partial charge in [0.25, 0.3) is 0 Å². The molecule has 0 aliphatic heterocycles. The quantitative estimate of drug-likeness (QED) is 0.519. The number of ether oxygens (including phenoxy) is 2. The summed E-state index contributed by atoms with van der Waals surface area (Å²) >= 11 is 0. The molecule has 0 saturated heterocycles. The maximum absolute atomic E-state index is 12.8. The second-order valence-corrected chi connectivity index (χ2v) is 6.68. The van der Waals surface area contributed by atoms with Gasteiger partial charge in [-0.2, -0.15) is 0 Å². The fraction of sp³-hybridized carbons (Fsp3) is 0.240. The van der Waals surface area contributed by atoms with Crippen LogP contribution in [0.5, 0.6) is 0 Å². The van der Waals surface area contributed by atoms with E-state index in [0.717, 1.165) is 11.1 Å². The van der Waals surface area contributed by atoms with Crippen molar-refractivity contribution in [3.05, 3.63) is 101 Å². The summed E-state index contributed by atoms with van der Waals surface area (Å²) in [5.41, 5.74) is 2.63. The number of carbonyl (C=O) groups excluding carboxylic acids is 2. The average Bonchev–Trinajstić information content (AvgIpc) is 2.76. The molecule has 0 amide bonds. The Bertz CT molecular complexity index is 896. The van der Waals surface area contributed by atoms with Crippen molar-refractivity contribution in [2.45, 2.75) is 25.7 Å². The van der Waals surface area contributed by atoms with E-state index in [0.29, 0.717) is 11.4 Å². The van der Waals surface area contributed by atoms with E-state index in [1.165, 1.54) is 0 Å². The summed E-state index contributed by atoms with van der Waals surface area (Å²) in [4.78, 5) is 30.3. The van der Waals surface area contributed by atoms with Crippen LogP contribution in [0.4, 0.5) is 0 Å². The van der Waals surface area contributed by atoms with Gasteiger partial charge < -0.3 is 9.47 Å². The Labute approximate surface area is 176 Å². The van der Waals surface area contributed by atoms with E-state index in [4.69, 9.17) is 14.5 Å². The van der Waals surface area contributed by atoms with Gasteiger partial charge in [0.2, 0.25) is 0 Å². The van der Waals surface area contributed by atoms with Crippen LogP contribution in [-0.2, 0) is 19.1 Å². The molecule has 154 valence electrons. The minimum Gasteiger partial charge on any atom is -0.465 e. The van der Waals surface area contributed by atoms with Crippen LogP contribution in [0.25, 0.3) is 0 Å². The SMILES string of the molecule is CCOC(=O)C(c1ccccc1)c1cccc(C(C(=O)OCC)c2ccccc2)n1. The Morgan fingerprint density at radius 1 is 0.667 bits per heavy atom. The lowest BCUT2D eigenvalue weighted by atomic mass is 9.92. The lowest BCUT2D eigenvalue weighted by Gasteiger charge is -2.19. The minimum absolute atomic E-state index is 0.275. The molecule has 0 radical (unpaired) electrons. The van der Waals surface area contributed by atoms with Crippen molar-refractivity contribution in [2.24, 2.45) is 0 Å². The first-order valence-corrected chi connectivity index (χ1v) is 10.1. The molecule has 0 saturated carbocycles. The van der Waals surface area contributed by atoms with Gasteiger partial charge in [0.15, 0.2) is 0 Å². The third-order valence-electron chi connectivity index (χ3n) is 4.69. The molecule has 2 unspecified atom stereocenters. The topological polar surface area (TPSA) is 65.5 Å². The zero-order chi connectivity index (χ0) is 21.3. The molecule has 2 atom stereocenters. The minimum atomic E-state index is -0.676. The molecule has 0 N–H and O–H groups in total. The second-order valence-electron chi connectivity index (χ2n) is 6.68. The van der Waals surface area contributed by atoms with Crippen molar-refractivity contribution >= 4 is 11.9 Å². The molecule has 0 fully saturated rings. The van der Waals surface area contributed by atoms with Crippen LogP contribution in [0.2, 0.25) is 0 Å². The van der Waals surface area contributed by atoms with E-state index >= 15 is 0 Å². The van der Waals surface area contributed by atoms with Crippen LogP contribution >= 0.6 is 0 Å². The number of hydrogen-bond donors (Lipinski definition) is 0. The van der Waals surface area contributed by atoms with Crippen LogP contribution in [0.3, 0.4) is 0 Å². The highest BCUT2D eigenvalue weighted by molar-refractivity contribution is 5.83. The highest BCUT2D eigenvalue weighted by Crippen LogP contribution is 2.29. The second kappa shape index (κ2) is 10.3. The van der Waals surface area contributed by atoms with Crippen LogP contribution in [0.15, 0.2) is 78.9 Å². The van der Waals surface area contributed by atoms with E-state index in [1.807, 2.05) is 66.7 Å². The Kier molecular flexibility index (Phi) is 7.33. The van der Waals surface area contributed by atoms with Crippen molar-refractivity contribution in [3.8, 4) is 0 Å². The van der Waals surface area contributed by atoms with Gasteiger partial charge in [-0.1, -0.05) is 66.7 Å². The normalized spacial score (nSPS) is 12.6. The van der Waals surface area contributed by atoms with Gasteiger partial charge >= 0.3 is 11.9 Å². The zero-order valence-corrected chi connectivity index (χ0v) is 17.2. The third kappa shape index (κ3) is 4.92. The molecule has 5 nitrogen and oxygen atoms in total. The van der Waals surface area contributed by atoms with E-state index in [1.54, 1.807) is 26.0 Å². The fourth-order valence-corrected chi connectivity index (χ4v) is 3.39. The maximum Gasteiger partial charge on any atom is 0.319 e. The highest BCUT2D eigenvalue weighted by Gasteiger charge is 2.29. The molecular formula is C25H25NO4. The smallest absolute Gasteiger partial charge is 0.319 e. The molecular weight excluding hydrogens is 378 g/mol. The lowest BCUT2D eigenvalue weighted by Crippen LogP contribution is -2.22. The summed E-state index contributed by atoms with van der Waals surface area (Å²) in [6.07, 6.45) is 0. The lowest BCUT2D eigenvalue weighted by molar-refractivity contribution is -0.144. The number of nitrogens with zero attached hydrogens (tertiary/aromatic N) is 1. The summed E-state index contributed by atoms with van der Waals surface area (Å²) in [6, 6.07) is 24.1. The molecule has 1 aromatic heterocycles. The summed E-state index contributed by atoms with van der Waals surface area (Å²) in [5.74, 6) is -2.10. The predicted octanol–water partition coefficient (Wildman–Crippen LogP) is 4.47. The fourth-order valence-electron chi connectivity index (χ4n) is 3.39. The van der Waals surface area contributed by atoms with Gasteiger partial charge in [0.05, 0.1) is 24.6 Å². The van der Waals surface area contributed by atoms with E-state index in [2.05, 4.69) is 0 Å². The van der Waals surface area contributed by atoms with E-state index in [-0.39, 0.29) is 25.2 Å². The molecule has 0 aliphatic carbocycles. The van der Waals surface area contributed by atoms with Gasteiger partial charge in [0.1, 0.15) is 11.8 Å². The highest BCUT2D eigenvalue weighted by atomic mass is 16.5. The van der Waals surface area contributed by atoms with Crippen molar-refractivity contribution in [1.82, 2.24) is 4.98 Å². The van der Waals surface area contributed by atoms with Gasteiger partial charge in [-0.3, -0.25) is 14.6 Å². The number of pyridine rings is 1. The molecule has 0 aliphatic rings. The van der Waals surface area contributed by atoms with Crippen LogP contribution in [0, 0.1) is 0 Å². The number of aromatic nitrogens is 1. The van der Waals surface area contributed by atoms with Crippen molar-refractivity contribution in [1.29, 1.82) is 0 Å². The number of carbonyl (C=O) groups is 2.